The Morgan fingerprint density at radius 3 is 2.71 bits per heavy atom. The van der Waals surface area contributed by atoms with Crippen LogP contribution in [0.15, 0.2) is 35.2 Å². The molecule has 0 aliphatic carbocycles. The maximum absolute atomic E-state index is 12.0. The van der Waals surface area contributed by atoms with Crippen molar-refractivity contribution in [1.82, 2.24) is 9.88 Å². The first-order valence-electron chi connectivity index (χ1n) is 6.20. The zero-order valence-corrected chi connectivity index (χ0v) is 13.1. The van der Waals surface area contributed by atoms with Crippen molar-refractivity contribution in [2.75, 3.05) is 13.7 Å². The van der Waals surface area contributed by atoms with Crippen LogP contribution < -0.4 is 10.5 Å². The van der Waals surface area contributed by atoms with Crippen LogP contribution in [0.25, 0.3) is 0 Å². The van der Waals surface area contributed by atoms with Gasteiger partial charge in [0.05, 0.1) is 17.7 Å². The van der Waals surface area contributed by atoms with E-state index in [1.807, 2.05) is 5.38 Å². The molecule has 2 aromatic rings. The molecule has 5 nitrogen and oxygen atoms in total. The second-order valence-electron chi connectivity index (χ2n) is 4.41. The Morgan fingerprint density at radius 1 is 1.43 bits per heavy atom. The summed E-state index contributed by atoms with van der Waals surface area (Å²) < 4.78 is 5.45. The van der Waals surface area contributed by atoms with E-state index in [1.54, 1.807) is 41.7 Å². The largest absolute Gasteiger partial charge is 0.484 e. The number of thiazole rings is 1. The quantitative estimate of drug-likeness (QED) is 0.822. The molecule has 0 unspecified atom stereocenters. The number of amides is 1. The van der Waals surface area contributed by atoms with Gasteiger partial charge in [-0.05, 0) is 24.3 Å². The molecule has 0 aliphatic heterocycles. The Balaban J connectivity index is 1.84. The molecule has 0 atom stereocenters. The van der Waals surface area contributed by atoms with Crippen LogP contribution in [-0.2, 0) is 11.3 Å². The Bertz CT molecular complexity index is 612. The van der Waals surface area contributed by atoms with E-state index < -0.39 is 0 Å². The van der Waals surface area contributed by atoms with Gasteiger partial charge in [0.2, 0.25) is 0 Å². The SMILES string of the molecule is CN(Cc1cscn1)C(=O)COc1ccc(C(N)=S)cc1. The first-order valence-corrected chi connectivity index (χ1v) is 7.55. The fourth-order valence-electron chi connectivity index (χ4n) is 1.62. The average Bonchev–Trinajstić information content (AvgIpc) is 2.98. The number of nitrogens with zero attached hydrogens (tertiary/aromatic N) is 2. The Labute approximate surface area is 132 Å². The van der Waals surface area contributed by atoms with Crippen LogP contribution in [0.4, 0.5) is 0 Å². The Morgan fingerprint density at radius 2 is 2.14 bits per heavy atom. The molecule has 0 spiro atoms. The van der Waals surface area contributed by atoms with Gasteiger partial charge in [-0.15, -0.1) is 11.3 Å². The normalized spacial score (nSPS) is 10.1. The monoisotopic (exact) mass is 321 g/mol. The lowest BCUT2D eigenvalue weighted by atomic mass is 10.2. The fourth-order valence-corrected chi connectivity index (χ4v) is 2.30. The van der Waals surface area contributed by atoms with E-state index >= 15 is 0 Å². The predicted octanol–water partition coefficient (Wildman–Crippen LogP) is 1.81. The summed E-state index contributed by atoms with van der Waals surface area (Å²) in [4.78, 5) is 18.0. The highest BCUT2D eigenvalue weighted by Gasteiger charge is 2.11. The van der Waals surface area contributed by atoms with Crippen LogP contribution in [0.3, 0.4) is 0 Å². The molecular formula is C14H15N3O2S2. The van der Waals surface area contributed by atoms with Crippen LogP contribution in [0.1, 0.15) is 11.3 Å². The van der Waals surface area contributed by atoms with Gasteiger partial charge in [0.25, 0.3) is 5.91 Å². The molecule has 1 amide bonds. The van der Waals surface area contributed by atoms with Crippen LogP contribution in [0, 0.1) is 0 Å². The zero-order chi connectivity index (χ0) is 15.2. The van der Waals surface area contributed by atoms with Gasteiger partial charge in [-0.2, -0.15) is 0 Å². The van der Waals surface area contributed by atoms with Crippen LogP contribution in [-0.4, -0.2) is 34.4 Å². The van der Waals surface area contributed by atoms with Crippen molar-refractivity contribution in [2.45, 2.75) is 6.54 Å². The summed E-state index contributed by atoms with van der Waals surface area (Å²) in [5.74, 6) is 0.492. The van der Waals surface area contributed by atoms with Gasteiger partial charge < -0.3 is 15.4 Å². The summed E-state index contributed by atoms with van der Waals surface area (Å²) in [7, 11) is 1.72. The molecule has 0 saturated heterocycles. The third kappa shape index (κ3) is 4.51. The molecule has 7 heteroatoms. The minimum atomic E-state index is -0.110. The number of hydrogen-bond acceptors (Lipinski definition) is 5. The van der Waals surface area contributed by atoms with Crippen molar-refractivity contribution < 1.29 is 9.53 Å². The van der Waals surface area contributed by atoms with Crippen molar-refractivity contribution in [3.63, 3.8) is 0 Å². The van der Waals surface area contributed by atoms with Gasteiger partial charge in [0.1, 0.15) is 10.7 Å². The minimum Gasteiger partial charge on any atom is -0.484 e. The molecule has 2 N–H and O–H groups in total. The Kier molecular flexibility index (Phi) is 5.24. The second kappa shape index (κ2) is 7.14. The van der Waals surface area contributed by atoms with Gasteiger partial charge in [0, 0.05) is 18.0 Å². The number of hydrogen-bond donors (Lipinski definition) is 1. The standard InChI is InChI=1S/C14H15N3O2S2/c1-17(6-11-8-21-9-16-11)13(18)7-19-12-4-2-10(3-5-12)14(15)20/h2-5,8-9H,6-7H2,1H3,(H2,15,20). The van der Waals surface area contributed by atoms with Crippen LogP contribution in [0.5, 0.6) is 5.75 Å². The minimum absolute atomic E-state index is 0.0208. The van der Waals surface area contributed by atoms with E-state index in [-0.39, 0.29) is 12.5 Å². The van der Waals surface area contributed by atoms with E-state index in [0.717, 1.165) is 11.3 Å². The van der Waals surface area contributed by atoms with E-state index in [1.165, 1.54) is 11.3 Å². The number of likely N-dealkylation sites (N-methyl/N-ethyl adjacent to an activating group) is 1. The maximum atomic E-state index is 12.0. The molecule has 1 aromatic carbocycles. The second-order valence-corrected chi connectivity index (χ2v) is 5.57. The van der Waals surface area contributed by atoms with Crippen molar-refractivity contribution in [3.05, 3.63) is 46.4 Å². The average molecular weight is 321 g/mol. The van der Waals surface area contributed by atoms with Gasteiger partial charge in [-0.1, -0.05) is 12.2 Å². The number of nitrogens with two attached hydrogens (primary N) is 1. The lowest BCUT2D eigenvalue weighted by Gasteiger charge is -2.16. The summed E-state index contributed by atoms with van der Waals surface area (Å²) in [6, 6.07) is 7.01. The molecular weight excluding hydrogens is 306 g/mol. The summed E-state index contributed by atoms with van der Waals surface area (Å²) in [5.41, 5.74) is 8.90. The highest BCUT2D eigenvalue weighted by molar-refractivity contribution is 7.80. The number of carbonyl (C=O) groups is 1. The van der Waals surface area contributed by atoms with E-state index in [9.17, 15) is 4.79 Å². The maximum Gasteiger partial charge on any atom is 0.260 e. The summed E-state index contributed by atoms with van der Waals surface area (Å²) in [6.07, 6.45) is 0. The molecule has 0 radical (unpaired) electrons. The number of benzene rings is 1. The van der Waals surface area contributed by atoms with Crippen molar-refractivity contribution in [1.29, 1.82) is 0 Å². The zero-order valence-electron chi connectivity index (χ0n) is 11.5. The lowest BCUT2D eigenvalue weighted by molar-refractivity contribution is -0.132. The summed E-state index contributed by atoms with van der Waals surface area (Å²) in [5, 5.41) is 1.92. The smallest absolute Gasteiger partial charge is 0.260 e. The number of ether oxygens (including phenoxy) is 1. The topological polar surface area (TPSA) is 68.5 Å². The highest BCUT2D eigenvalue weighted by atomic mass is 32.1. The van der Waals surface area contributed by atoms with Gasteiger partial charge in [-0.3, -0.25) is 4.79 Å². The van der Waals surface area contributed by atoms with Gasteiger partial charge >= 0.3 is 0 Å². The molecule has 2 rings (SSSR count). The van der Waals surface area contributed by atoms with E-state index in [0.29, 0.717) is 17.3 Å². The summed E-state index contributed by atoms with van der Waals surface area (Å²) in [6.45, 7) is 0.457. The molecule has 21 heavy (non-hydrogen) atoms. The molecule has 110 valence electrons. The first kappa shape index (κ1) is 15.4. The van der Waals surface area contributed by atoms with Gasteiger partial charge in [0.15, 0.2) is 6.61 Å². The van der Waals surface area contributed by atoms with Crippen LogP contribution >= 0.6 is 23.6 Å². The fraction of sp³-hybridized carbons (Fsp3) is 0.214. The van der Waals surface area contributed by atoms with Crippen molar-refractivity contribution in [2.24, 2.45) is 5.73 Å². The number of carbonyl (C=O) groups excluding carboxylic acids is 1. The van der Waals surface area contributed by atoms with Crippen molar-refractivity contribution in [3.8, 4) is 5.75 Å². The first-order chi connectivity index (χ1) is 10.1. The molecule has 0 fully saturated rings. The number of thiocarbonyl (C=S) groups is 1. The van der Waals surface area contributed by atoms with E-state index in [2.05, 4.69) is 4.98 Å². The third-order valence-corrected chi connectivity index (χ3v) is 3.68. The van der Waals surface area contributed by atoms with E-state index in [4.69, 9.17) is 22.7 Å². The summed E-state index contributed by atoms with van der Waals surface area (Å²) >= 11 is 6.38. The third-order valence-electron chi connectivity index (χ3n) is 2.81. The van der Waals surface area contributed by atoms with Crippen LogP contribution in [0.2, 0.25) is 0 Å². The molecule has 0 saturated carbocycles. The highest BCUT2D eigenvalue weighted by Crippen LogP contribution is 2.12. The molecule has 1 aromatic heterocycles. The van der Waals surface area contributed by atoms with Crippen molar-refractivity contribution >= 4 is 34.5 Å². The number of rotatable bonds is 6. The molecule has 0 bridgehead atoms. The Hall–Kier alpha value is -1.99. The molecule has 1 heterocycles. The van der Waals surface area contributed by atoms with Gasteiger partial charge in [-0.25, -0.2) is 4.98 Å². The molecule has 0 aliphatic rings. The predicted molar refractivity (Wildman–Crippen MR) is 86.4 cm³/mol. The number of aromatic nitrogens is 1. The lowest BCUT2D eigenvalue weighted by Crippen LogP contribution is -2.31.